The molecule has 34 heavy (non-hydrogen) atoms. The molecule has 5 rings (SSSR count). The van der Waals surface area contributed by atoms with Crippen molar-refractivity contribution in [3.8, 4) is 16.9 Å². The van der Waals surface area contributed by atoms with Gasteiger partial charge in [-0.1, -0.05) is 78.3 Å². The molecule has 0 saturated carbocycles. The number of hydrogen-bond acceptors (Lipinski definition) is 4. The Hall–Kier alpha value is -4.29. The molecule has 0 unspecified atom stereocenters. The Morgan fingerprint density at radius 3 is 2.41 bits per heavy atom. The van der Waals surface area contributed by atoms with Crippen LogP contribution in [0.5, 0.6) is 0 Å². The predicted octanol–water partition coefficient (Wildman–Crippen LogP) is 5.81. The van der Waals surface area contributed by atoms with Gasteiger partial charge >= 0.3 is 0 Å². The number of para-hydroxylation sites is 2. The highest BCUT2D eigenvalue weighted by atomic mass is 35.5. The van der Waals surface area contributed by atoms with Crippen LogP contribution in [0.4, 0.5) is 0 Å². The van der Waals surface area contributed by atoms with Crippen molar-refractivity contribution in [1.82, 2.24) is 20.2 Å². The quantitative estimate of drug-likeness (QED) is 0.263. The Labute approximate surface area is 201 Å². The number of nitrogens with zero attached hydrogens (tertiary/aromatic N) is 4. The van der Waals surface area contributed by atoms with Gasteiger partial charge < -0.3 is 0 Å². The fraction of sp³-hybridized carbons (Fsp3) is 0.0370. The molecular formula is C27H20ClN5O. The minimum Gasteiger partial charge on any atom is -0.267 e. The number of hydrogen-bond donors (Lipinski definition) is 1. The summed E-state index contributed by atoms with van der Waals surface area (Å²) < 4.78 is 1.64. The lowest BCUT2D eigenvalue weighted by Gasteiger charge is -2.09. The van der Waals surface area contributed by atoms with Crippen LogP contribution in [0.25, 0.3) is 27.8 Å². The maximum atomic E-state index is 13.1. The fourth-order valence-electron chi connectivity index (χ4n) is 3.73. The van der Waals surface area contributed by atoms with Crippen molar-refractivity contribution in [3.63, 3.8) is 0 Å². The Morgan fingerprint density at radius 1 is 0.971 bits per heavy atom. The van der Waals surface area contributed by atoms with Gasteiger partial charge in [0.15, 0.2) is 0 Å². The van der Waals surface area contributed by atoms with E-state index in [1.54, 1.807) is 10.7 Å². The van der Waals surface area contributed by atoms with Gasteiger partial charge in [-0.2, -0.15) is 10.2 Å². The zero-order valence-electron chi connectivity index (χ0n) is 18.3. The molecule has 0 radical (unpaired) electrons. The molecular weight excluding hydrogens is 446 g/mol. The molecule has 0 atom stereocenters. The molecule has 2 heterocycles. The number of aromatic nitrogens is 3. The highest BCUT2D eigenvalue weighted by Gasteiger charge is 2.15. The van der Waals surface area contributed by atoms with Crippen molar-refractivity contribution in [2.75, 3.05) is 0 Å². The number of nitrogens with one attached hydrogen (secondary N) is 1. The zero-order valence-corrected chi connectivity index (χ0v) is 19.1. The van der Waals surface area contributed by atoms with E-state index in [2.05, 4.69) is 15.6 Å². The zero-order chi connectivity index (χ0) is 23.5. The Balaban J connectivity index is 1.44. The molecule has 0 aliphatic rings. The second-order valence-electron chi connectivity index (χ2n) is 7.67. The molecule has 3 aromatic carbocycles. The van der Waals surface area contributed by atoms with Crippen LogP contribution >= 0.6 is 11.6 Å². The van der Waals surface area contributed by atoms with Gasteiger partial charge in [0.2, 0.25) is 0 Å². The Bertz CT molecular complexity index is 1510. The van der Waals surface area contributed by atoms with Gasteiger partial charge in [0.05, 0.1) is 39.9 Å². The highest BCUT2D eigenvalue weighted by molar-refractivity contribution is 6.32. The number of carbonyl (C=O) groups is 1. The molecule has 6 nitrogen and oxygen atoms in total. The topological polar surface area (TPSA) is 72.2 Å². The van der Waals surface area contributed by atoms with Crippen molar-refractivity contribution in [3.05, 3.63) is 113 Å². The van der Waals surface area contributed by atoms with E-state index < -0.39 is 0 Å². The van der Waals surface area contributed by atoms with Crippen molar-refractivity contribution in [1.29, 1.82) is 0 Å². The molecule has 0 aliphatic carbocycles. The second kappa shape index (κ2) is 9.29. The SMILES string of the molecule is Cc1nn(-c2ccccc2)c(Cl)c1C=NNC(=O)c1cc(-c2ccccc2)nc2ccccc12. The van der Waals surface area contributed by atoms with E-state index >= 15 is 0 Å². The number of rotatable bonds is 5. The lowest BCUT2D eigenvalue weighted by Crippen LogP contribution is -2.18. The summed E-state index contributed by atoms with van der Waals surface area (Å²) in [6.45, 7) is 1.84. The van der Waals surface area contributed by atoms with E-state index in [1.165, 1.54) is 6.21 Å². The lowest BCUT2D eigenvalue weighted by molar-refractivity contribution is 0.0956. The fourth-order valence-corrected chi connectivity index (χ4v) is 4.05. The smallest absolute Gasteiger partial charge is 0.267 e. The number of benzene rings is 3. The van der Waals surface area contributed by atoms with E-state index in [9.17, 15) is 4.79 Å². The first-order valence-corrected chi connectivity index (χ1v) is 11.1. The molecule has 0 saturated heterocycles. The molecule has 0 bridgehead atoms. The number of pyridine rings is 1. The van der Waals surface area contributed by atoms with Crippen LogP contribution in [0.3, 0.4) is 0 Å². The lowest BCUT2D eigenvalue weighted by atomic mass is 10.0. The van der Waals surface area contributed by atoms with E-state index in [-0.39, 0.29) is 5.91 Å². The van der Waals surface area contributed by atoms with Gasteiger partial charge in [-0.3, -0.25) is 4.79 Å². The van der Waals surface area contributed by atoms with Crippen LogP contribution in [0.15, 0.2) is 96.1 Å². The molecule has 2 aromatic heterocycles. The number of carbonyl (C=O) groups excluding carboxylic acids is 1. The van der Waals surface area contributed by atoms with Crippen LogP contribution in [0.1, 0.15) is 21.6 Å². The van der Waals surface area contributed by atoms with Gasteiger partial charge in [-0.25, -0.2) is 15.1 Å². The largest absolute Gasteiger partial charge is 0.272 e. The van der Waals surface area contributed by atoms with Crippen molar-refractivity contribution < 1.29 is 4.79 Å². The number of hydrazone groups is 1. The van der Waals surface area contributed by atoms with Gasteiger partial charge in [0.1, 0.15) is 5.15 Å². The second-order valence-corrected chi connectivity index (χ2v) is 8.03. The number of halogens is 1. The minimum atomic E-state index is -0.337. The summed E-state index contributed by atoms with van der Waals surface area (Å²) in [5.74, 6) is -0.337. The summed E-state index contributed by atoms with van der Waals surface area (Å²) >= 11 is 6.55. The first-order chi connectivity index (χ1) is 16.6. The molecule has 166 valence electrons. The molecule has 0 aliphatic heterocycles. The summed E-state index contributed by atoms with van der Waals surface area (Å²) in [7, 11) is 0. The first kappa shape index (κ1) is 21.6. The summed E-state index contributed by atoms with van der Waals surface area (Å²) in [5, 5.41) is 9.84. The van der Waals surface area contributed by atoms with Crippen LogP contribution in [-0.4, -0.2) is 26.9 Å². The van der Waals surface area contributed by atoms with Crippen LogP contribution in [0, 0.1) is 6.92 Å². The average Bonchev–Trinajstić information content (AvgIpc) is 3.17. The highest BCUT2D eigenvalue weighted by Crippen LogP contribution is 2.25. The van der Waals surface area contributed by atoms with Crippen LogP contribution in [-0.2, 0) is 0 Å². The summed E-state index contributed by atoms with van der Waals surface area (Å²) in [6, 6.07) is 28.7. The minimum absolute atomic E-state index is 0.337. The van der Waals surface area contributed by atoms with Gasteiger partial charge in [0.25, 0.3) is 5.91 Å². The normalized spacial score (nSPS) is 11.2. The molecule has 7 heteroatoms. The maximum absolute atomic E-state index is 13.1. The van der Waals surface area contributed by atoms with Crippen molar-refractivity contribution in [2.24, 2.45) is 5.10 Å². The third kappa shape index (κ3) is 4.19. The summed E-state index contributed by atoms with van der Waals surface area (Å²) in [6.07, 6.45) is 1.52. The predicted molar refractivity (Wildman–Crippen MR) is 136 cm³/mol. The Kier molecular flexibility index (Phi) is 5.89. The van der Waals surface area contributed by atoms with E-state index in [0.29, 0.717) is 22.0 Å². The van der Waals surface area contributed by atoms with E-state index in [0.717, 1.165) is 27.8 Å². The monoisotopic (exact) mass is 465 g/mol. The van der Waals surface area contributed by atoms with Gasteiger partial charge in [-0.15, -0.1) is 0 Å². The van der Waals surface area contributed by atoms with E-state index in [4.69, 9.17) is 16.6 Å². The first-order valence-electron chi connectivity index (χ1n) is 10.7. The molecule has 0 fully saturated rings. The third-order valence-corrected chi connectivity index (χ3v) is 5.80. The molecule has 0 spiro atoms. The van der Waals surface area contributed by atoms with Gasteiger partial charge in [-0.05, 0) is 31.2 Å². The van der Waals surface area contributed by atoms with Gasteiger partial charge in [0, 0.05) is 10.9 Å². The van der Waals surface area contributed by atoms with Crippen molar-refractivity contribution in [2.45, 2.75) is 6.92 Å². The Morgan fingerprint density at radius 2 is 1.65 bits per heavy atom. The molecule has 1 N–H and O–H groups in total. The maximum Gasteiger partial charge on any atom is 0.272 e. The number of amides is 1. The van der Waals surface area contributed by atoms with E-state index in [1.807, 2.05) is 91.9 Å². The average molecular weight is 466 g/mol. The molecule has 5 aromatic rings. The summed E-state index contributed by atoms with van der Waals surface area (Å²) in [4.78, 5) is 17.8. The van der Waals surface area contributed by atoms with Crippen LogP contribution in [0.2, 0.25) is 5.15 Å². The molecule has 1 amide bonds. The number of aryl methyl sites for hydroxylation is 1. The number of fused-ring (bicyclic) bond motifs is 1. The standard InChI is InChI=1S/C27H20ClN5O/c1-18-23(26(28)33(32-18)20-12-6-3-7-13-20)17-29-31-27(34)22-16-25(19-10-4-2-5-11-19)30-24-15-9-8-14-21(22)24/h2-17H,1H3,(H,31,34). The third-order valence-electron chi connectivity index (χ3n) is 5.44. The van der Waals surface area contributed by atoms with Crippen LogP contribution < -0.4 is 5.43 Å². The summed E-state index contributed by atoms with van der Waals surface area (Å²) in [5.41, 5.74) is 7.69. The van der Waals surface area contributed by atoms with Crippen molar-refractivity contribution >= 4 is 34.6 Å².